The maximum absolute atomic E-state index is 13.6. The molecular formula is C23H27FN2O3S. The topological polar surface area (TPSA) is 58.6 Å². The fraction of sp³-hybridized carbons (Fsp3) is 0.478. The van der Waals surface area contributed by atoms with E-state index in [9.17, 15) is 14.0 Å². The maximum Gasteiger partial charge on any atom is 0.341 e. The Morgan fingerprint density at radius 3 is 2.83 bits per heavy atom. The molecule has 1 amide bonds. The molecule has 2 unspecified atom stereocenters. The Morgan fingerprint density at radius 2 is 2.07 bits per heavy atom. The van der Waals surface area contributed by atoms with Crippen LogP contribution in [0.1, 0.15) is 53.1 Å². The quantitative estimate of drug-likeness (QED) is 0.722. The van der Waals surface area contributed by atoms with Gasteiger partial charge in [0.1, 0.15) is 10.8 Å². The van der Waals surface area contributed by atoms with Crippen LogP contribution in [0.4, 0.5) is 15.1 Å². The fourth-order valence-electron chi connectivity index (χ4n) is 4.51. The Hall–Kier alpha value is -2.41. The van der Waals surface area contributed by atoms with Gasteiger partial charge >= 0.3 is 5.97 Å². The number of ether oxygens (including phenoxy) is 1. The number of anilines is 2. The molecule has 0 bridgehead atoms. The third-order valence-electron chi connectivity index (χ3n) is 6.18. The molecule has 4 rings (SSSR count). The normalized spacial score (nSPS) is 20.3. The Labute approximate surface area is 180 Å². The number of esters is 1. The highest BCUT2D eigenvalue weighted by Gasteiger charge is 2.30. The smallest absolute Gasteiger partial charge is 0.341 e. The van der Waals surface area contributed by atoms with Crippen LogP contribution in [0.5, 0.6) is 0 Å². The molecule has 1 aromatic heterocycles. The van der Waals surface area contributed by atoms with E-state index in [1.165, 1.54) is 24.5 Å². The van der Waals surface area contributed by atoms with E-state index < -0.39 is 5.97 Å². The number of hydrogen-bond donors (Lipinski definition) is 1. The largest absolute Gasteiger partial charge is 0.465 e. The Balaban J connectivity index is 1.57. The van der Waals surface area contributed by atoms with E-state index in [4.69, 9.17) is 4.74 Å². The molecule has 2 atom stereocenters. The van der Waals surface area contributed by atoms with Crippen molar-refractivity contribution in [2.45, 2.75) is 52.0 Å². The van der Waals surface area contributed by atoms with Gasteiger partial charge in [-0.15, -0.1) is 11.3 Å². The van der Waals surface area contributed by atoms with Crippen molar-refractivity contribution in [3.63, 3.8) is 0 Å². The Bertz CT molecular complexity index is 987. The lowest BCUT2D eigenvalue weighted by Crippen LogP contribution is -2.42. The molecule has 1 aliphatic heterocycles. The number of aryl methyl sites for hydroxylation is 1. The zero-order chi connectivity index (χ0) is 21.4. The Kier molecular flexibility index (Phi) is 5.82. The summed E-state index contributed by atoms with van der Waals surface area (Å²) in [5.74, 6) is -0.273. The van der Waals surface area contributed by atoms with Gasteiger partial charge in [0.05, 0.1) is 19.2 Å². The second-order valence-electron chi connectivity index (χ2n) is 8.38. The SMILES string of the molecule is COC(=O)c1c(NC(=O)CN2c3ccc(F)cc3CCC2C)sc2c1CCC(C)C2. The number of halogens is 1. The number of thiophene rings is 1. The summed E-state index contributed by atoms with van der Waals surface area (Å²) < 4.78 is 18.6. The van der Waals surface area contributed by atoms with Crippen molar-refractivity contribution in [1.29, 1.82) is 0 Å². The molecule has 1 aromatic carbocycles. The van der Waals surface area contributed by atoms with Crippen molar-refractivity contribution < 1.29 is 18.7 Å². The number of amides is 1. The van der Waals surface area contributed by atoms with Crippen molar-refractivity contribution in [3.8, 4) is 0 Å². The van der Waals surface area contributed by atoms with Crippen LogP contribution in [0, 0.1) is 11.7 Å². The minimum atomic E-state index is -0.399. The summed E-state index contributed by atoms with van der Waals surface area (Å²) in [6.45, 7) is 4.43. The van der Waals surface area contributed by atoms with Gasteiger partial charge in [-0.3, -0.25) is 4.79 Å². The highest BCUT2D eigenvalue weighted by atomic mass is 32.1. The van der Waals surface area contributed by atoms with Crippen LogP contribution in [-0.2, 0) is 28.8 Å². The van der Waals surface area contributed by atoms with Gasteiger partial charge in [0, 0.05) is 16.6 Å². The minimum Gasteiger partial charge on any atom is -0.465 e. The molecule has 2 aliphatic rings. The first-order valence-corrected chi connectivity index (χ1v) is 11.3. The summed E-state index contributed by atoms with van der Waals surface area (Å²) in [7, 11) is 1.37. The lowest BCUT2D eigenvalue weighted by atomic mass is 9.88. The zero-order valence-electron chi connectivity index (χ0n) is 17.6. The van der Waals surface area contributed by atoms with Crippen LogP contribution in [0.15, 0.2) is 18.2 Å². The lowest BCUT2D eigenvalue weighted by Gasteiger charge is -2.36. The van der Waals surface area contributed by atoms with Crippen LogP contribution in [0.2, 0.25) is 0 Å². The van der Waals surface area contributed by atoms with Crippen LogP contribution in [-0.4, -0.2) is 31.6 Å². The molecule has 1 aliphatic carbocycles. The van der Waals surface area contributed by atoms with E-state index in [1.54, 1.807) is 12.1 Å². The molecule has 2 aromatic rings. The minimum absolute atomic E-state index is 0.152. The summed E-state index contributed by atoms with van der Waals surface area (Å²) in [6.07, 6.45) is 4.44. The summed E-state index contributed by atoms with van der Waals surface area (Å²) in [5.41, 5.74) is 3.36. The first-order valence-electron chi connectivity index (χ1n) is 10.4. The van der Waals surface area contributed by atoms with Gasteiger partial charge < -0.3 is 15.0 Å². The number of carbonyl (C=O) groups is 2. The van der Waals surface area contributed by atoms with Crippen LogP contribution in [0.3, 0.4) is 0 Å². The summed E-state index contributed by atoms with van der Waals surface area (Å²) in [5, 5.41) is 3.55. The molecule has 30 heavy (non-hydrogen) atoms. The molecule has 0 fully saturated rings. The van der Waals surface area contributed by atoms with E-state index in [2.05, 4.69) is 19.2 Å². The number of methoxy groups -OCH3 is 1. The Morgan fingerprint density at radius 1 is 1.27 bits per heavy atom. The second-order valence-corrected chi connectivity index (χ2v) is 9.49. The van der Waals surface area contributed by atoms with Gasteiger partial charge in [0.15, 0.2) is 0 Å². The molecule has 1 N–H and O–H groups in total. The van der Waals surface area contributed by atoms with E-state index >= 15 is 0 Å². The number of rotatable bonds is 4. The monoisotopic (exact) mass is 430 g/mol. The van der Waals surface area contributed by atoms with Crippen molar-refractivity contribution in [3.05, 3.63) is 45.6 Å². The highest BCUT2D eigenvalue weighted by molar-refractivity contribution is 7.17. The number of hydrogen-bond acceptors (Lipinski definition) is 5. The molecule has 5 nitrogen and oxygen atoms in total. The zero-order valence-corrected chi connectivity index (χ0v) is 18.4. The number of nitrogens with one attached hydrogen (secondary N) is 1. The first-order chi connectivity index (χ1) is 14.4. The van der Waals surface area contributed by atoms with Crippen molar-refractivity contribution in [1.82, 2.24) is 0 Å². The predicted molar refractivity (Wildman–Crippen MR) is 117 cm³/mol. The lowest BCUT2D eigenvalue weighted by molar-refractivity contribution is -0.115. The van der Waals surface area contributed by atoms with Gasteiger partial charge in [-0.2, -0.15) is 0 Å². The van der Waals surface area contributed by atoms with E-state index in [-0.39, 0.29) is 24.3 Å². The van der Waals surface area contributed by atoms with Gasteiger partial charge in [0.25, 0.3) is 0 Å². The number of fused-ring (bicyclic) bond motifs is 2. The molecule has 0 saturated heterocycles. The van der Waals surface area contributed by atoms with Gasteiger partial charge in [0.2, 0.25) is 5.91 Å². The number of nitrogens with zero attached hydrogens (tertiary/aromatic N) is 1. The molecule has 2 heterocycles. The van der Waals surface area contributed by atoms with Crippen molar-refractivity contribution in [2.24, 2.45) is 5.92 Å². The molecular weight excluding hydrogens is 403 g/mol. The third kappa shape index (κ3) is 3.95. The van der Waals surface area contributed by atoms with Crippen molar-refractivity contribution in [2.75, 3.05) is 23.9 Å². The molecule has 7 heteroatoms. The summed E-state index contributed by atoms with van der Waals surface area (Å²) >= 11 is 1.49. The molecule has 0 saturated carbocycles. The van der Waals surface area contributed by atoms with Crippen LogP contribution in [0.25, 0.3) is 0 Å². The summed E-state index contributed by atoms with van der Waals surface area (Å²) in [6, 6.07) is 4.91. The van der Waals surface area contributed by atoms with Crippen LogP contribution >= 0.6 is 11.3 Å². The van der Waals surface area contributed by atoms with Gasteiger partial charge in [-0.05, 0) is 74.3 Å². The van der Waals surface area contributed by atoms with E-state index in [0.717, 1.165) is 53.8 Å². The predicted octanol–water partition coefficient (Wildman–Crippen LogP) is 4.58. The number of benzene rings is 1. The third-order valence-corrected chi connectivity index (χ3v) is 7.35. The molecule has 0 spiro atoms. The van der Waals surface area contributed by atoms with Gasteiger partial charge in [-0.1, -0.05) is 6.92 Å². The average Bonchev–Trinajstić information content (AvgIpc) is 3.06. The first kappa shape index (κ1) is 20.8. The van der Waals surface area contributed by atoms with Crippen LogP contribution < -0.4 is 10.2 Å². The maximum atomic E-state index is 13.6. The van der Waals surface area contributed by atoms with E-state index in [0.29, 0.717) is 16.5 Å². The van der Waals surface area contributed by atoms with Crippen molar-refractivity contribution >= 4 is 33.9 Å². The summed E-state index contributed by atoms with van der Waals surface area (Å²) in [4.78, 5) is 28.6. The second kappa shape index (κ2) is 8.38. The highest BCUT2D eigenvalue weighted by Crippen LogP contribution is 2.40. The van der Waals surface area contributed by atoms with E-state index in [1.807, 2.05) is 4.90 Å². The average molecular weight is 431 g/mol. The molecule has 0 radical (unpaired) electrons. The molecule has 160 valence electrons. The standard InChI is InChI=1S/C23H27FN2O3S/c1-13-4-8-17-19(10-13)30-22(21(17)23(28)29-3)25-20(27)12-26-14(2)5-6-15-11-16(24)7-9-18(15)26/h7,9,11,13-14H,4-6,8,10,12H2,1-3H3,(H,25,27). The number of carbonyl (C=O) groups excluding carboxylic acids is 2. The van der Waals surface area contributed by atoms with Gasteiger partial charge in [-0.25, -0.2) is 9.18 Å². The fourth-order valence-corrected chi connectivity index (χ4v) is 5.93.